The zero-order valence-electron chi connectivity index (χ0n) is 17.9. The van der Waals surface area contributed by atoms with Gasteiger partial charge in [0.25, 0.3) is 0 Å². The van der Waals surface area contributed by atoms with Crippen LogP contribution >= 0.6 is 45.8 Å². The number of aliphatic imine (C=N–C) groups is 1. The van der Waals surface area contributed by atoms with Crippen molar-refractivity contribution in [3.63, 3.8) is 0 Å². The van der Waals surface area contributed by atoms with Crippen molar-refractivity contribution in [2.24, 2.45) is 4.99 Å². The fourth-order valence-electron chi connectivity index (χ4n) is 4.08. The highest BCUT2D eigenvalue weighted by molar-refractivity contribution is 8.22. The number of hydrogen-bond donors (Lipinski definition) is 0. The van der Waals surface area contributed by atoms with E-state index in [9.17, 15) is 0 Å². The van der Waals surface area contributed by atoms with Crippen LogP contribution in [0.4, 0.5) is 0 Å². The Morgan fingerprint density at radius 2 is 1.45 bits per heavy atom. The van der Waals surface area contributed by atoms with Crippen molar-refractivity contribution in [1.82, 2.24) is 0 Å². The van der Waals surface area contributed by atoms with E-state index < -0.39 is 0 Å². The van der Waals surface area contributed by atoms with Gasteiger partial charge in [0.15, 0.2) is 0 Å². The van der Waals surface area contributed by atoms with E-state index in [2.05, 4.69) is 87.7 Å². The Labute approximate surface area is 200 Å². The minimum atomic E-state index is 0.0127. The average Bonchev–Trinajstić information content (AvgIpc) is 3.48. The van der Waals surface area contributed by atoms with Crippen LogP contribution in [-0.2, 0) is 0 Å². The molecule has 5 heteroatoms. The standard InChI is InChI=1S/C26H23NS4/c1-15-13-20(17(3)29-15)23-24(22-11-8-12-28-22)27-26(19-9-6-5-7-10-19)31-25(23)21-14-16(2)30-18(21)4/h5-14,24H,1-4H3. The number of nitrogens with zero attached hydrogens (tertiary/aromatic N) is 1. The van der Waals surface area contributed by atoms with Crippen LogP contribution in [0.15, 0.2) is 65.0 Å². The van der Waals surface area contributed by atoms with Gasteiger partial charge in [-0.2, -0.15) is 0 Å². The molecule has 0 amide bonds. The molecule has 5 rings (SSSR count). The van der Waals surface area contributed by atoms with Gasteiger partial charge in [0.2, 0.25) is 0 Å². The van der Waals surface area contributed by atoms with Crippen LogP contribution < -0.4 is 0 Å². The van der Waals surface area contributed by atoms with E-state index in [0.29, 0.717) is 0 Å². The molecule has 1 atom stereocenters. The summed E-state index contributed by atoms with van der Waals surface area (Å²) in [4.78, 5) is 13.5. The van der Waals surface area contributed by atoms with E-state index >= 15 is 0 Å². The zero-order chi connectivity index (χ0) is 21.5. The predicted molar refractivity (Wildman–Crippen MR) is 142 cm³/mol. The van der Waals surface area contributed by atoms with Gasteiger partial charge in [0, 0.05) is 46.0 Å². The van der Waals surface area contributed by atoms with Crippen molar-refractivity contribution in [3.05, 3.63) is 101 Å². The van der Waals surface area contributed by atoms with Gasteiger partial charge in [0.1, 0.15) is 11.1 Å². The Kier molecular flexibility index (Phi) is 5.78. The average molecular weight is 478 g/mol. The third-order valence-corrected chi connectivity index (χ3v) is 9.45. The van der Waals surface area contributed by atoms with Gasteiger partial charge < -0.3 is 0 Å². The van der Waals surface area contributed by atoms with Gasteiger partial charge in [-0.1, -0.05) is 48.2 Å². The number of aryl methyl sites for hydroxylation is 4. The lowest BCUT2D eigenvalue weighted by Gasteiger charge is -2.27. The summed E-state index contributed by atoms with van der Waals surface area (Å²) >= 11 is 7.40. The fraction of sp³-hybridized carbons (Fsp3) is 0.192. The monoisotopic (exact) mass is 477 g/mol. The Bertz CT molecular complexity index is 1290. The van der Waals surface area contributed by atoms with Gasteiger partial charge in [-0.25, -0.2) is 0 Å². The van der Waals surface area contributed by atoms with Gasteiger partial charge in [-0.3, -0.25) is 4.99 Å². The lowest BCUT2D eigenvalue weighted by molar-refractivity contribution is 0.963. The molecule has 1 aliphatic heterocycles. The zero-order valence-corrected chi connectivity index (χ0v) is 21.2. The highest BCUT2D eigenvalue weighted by Gasteiger charge is 2.32. The van der Waals surface area contributed by atoms with Crippen LogP contribution in [0.25, 0.3) is 10.5 Å². The topological polar surface area (TPSA) is 12.4 Å². The highest BCUT2D eigenvalue weighted by atomic mass is 32.2. The van der Waals surface area contributed by atoms with E-state index in [1.807, 2.05) is 34.4 Å². The molecule has 0 aliphatic carbocycles. The lowest BCUT2D eigenvalue weighted by atomic mass is 9.94. The molecule has 1 aromatic carbocycles. The van der Waals surface area contributed by atoms with Crippen molar-refractivity contribution in [2.45, 2.75) is 33.7 Å². The lowest BCUT2D eigenvalue weighted by Crippen LogP contribution is -2.11. The summed E-state index contributed by atoms with van der Waals surface area (Å²) in [6.07, 6.45) is 0. The smallest absolute Gasteiger partial charge is 0.112 e. The SMILES string of the molecule is Cc1cc(C2=C(c3cc(C)sc3C)C(c3cccs3)N=C(c3ccccc3)S2)c(C)s1. The summed E-state index contributed by atoms with van der Waals surface area (Å²) in [5.41, 5.74) is 5.25. The third kappa shape index (κ3) is 4.00. The van der Waals surface area contributed by atoms with E-state index in [4.69, 9.17) is 4.99 Å². The van der Waals surface area contributed by atoms with E-state index in [0.717, 1.165) is 5.04 Å². The van der Waals surface area contributed by atoms with E-state index in [1.54, 1.807) is 11.3 Å². The Morgan fingerprint density at radius 1 is 0.774 bits per heavy atom. The maximum absolute atomic E-state index is 5.36. The fourth-order valence-corrected chi connectivity index (χ4v) is 8.04. The second kappa shape index (κ2) is 8.55. The van der Waals surface area contributed by atoms with Gasteiger partial charge in [-0.15, -0.1) is 34.0 Å². The second-order valence-corrected chi connectivity index (χ2v) is 12.6. The first-order valence-electron chi connectivity index (χ1n) is 10.2. The Hall–Kier alpha value is -1.92. The summed E-state index contributed by atoms with van der Waals surface area (Å²) in [5, 5.41) is 3.27. The van der Waals surface area contributed by atoms with Crippen LogP contribution in [0.2, 0.25) is 0 Å². The molecule has 0 saturated carbocycles. The molecule has 0 bridgehead atoms. The van der Waals surface area contributed by atoms with E-state index in [-0.39, 0.29) is 6.04 Å². The molecule has 3 aromatic heterocycles. The molecule has 31 heavy (non-hydrogen) atoms. The summed E-state index contributed by atoms with van der Waals surface area (Å²) in [6, 6.07) is 19.7. The third-order valence-electron chi connectivity index (χ3n) is 5.41. The van der Waals surface area contributed by atoms with Crippen molar-refractivity contribution < 1.29 is 0 Å². The molecule has 0 saturated heterocycles. The Balaban J connectivity index is 1.79. The molecule has 0 fully saturated rings. The molecular formula is C26H23NS4. The summed E-state index contributed by atoms with van der Waals surface area (Å²) in [7, 11) is 0. The number of thioether (sulfide) groups is 1. The first kappa shape index (κ1) is 21.0. The van der Waals surface area contributed by atoms with Crippen LogP contribution in [-0.4, -0.2) is 5.04 Å². The summed E-state index contributed by atoms with van der Waals surface area (Å²) in [6.45, 7) is 8.90. The first-order chi connectivity index (χ1) is 15.0. The highest BCUT2D eigenvalue weighted by Crippen LogP contribution is 2.52. The van der Waals surface area contributed by atoms with Crippen LogP contribution in [0, 0.1) is 27.7 Å². The maximum Gasteiger partial charge on any atom is 0.112 e. The Morgan fingerprint density at radius 3 is 2.03 bits per heavy atom. The summed E-state index contributed by atoms with van der Waals surface area (Å²) in [5.74, 6) is 0. The number of hydrogen-bond acceptors (Lipinski definition) is 5. The normalized spacial score (nSPS) is 16.6. The number of benzene rings is 1. The van der Waals surface area contributed by atoms with Crippen molar-refractivity contribution in [2.75, 3.05) is 0 Å². The van der Waals surface area contributed by atoms with Gasteiger partial charge in [0.05, 0.1) is 0 Å². The largest absolute Gasteiger partial charge is 0.264 e. The van der Waals surface area contributed by atoms with Crippen LogP contribution in [0.3, 0.4) is 0 Å². The summed E-state index contributed by atoms with van der Waals surface area (Å²) < 4.78 is 0. The molecular weight excluding hydrogens is 455 g/mol. The van der Waals surface area contributed by atoms with E-state index in [1.165, 1.54) is 51.6 Å². The van der Waals surface area contributed by atoms with Crippen LogP contribution in [0.1, 0.15) is 47.1 Å². The van der Waals surface area contributed by atoms with Crippen molar-refractivity contribution >= 4 is 61.3 Å². The molecule has 1 aliphatic rings. The quantitative estimate of drug-likeness (QED) is 0.286. The molecule has 1 nitrogen and oxygen atoms in total. The first-order valence-corrected chi connectivity index (χ1v) is 13.6. The van der Waals surface area contributed by atoms with Crippen molar-refractivity contribution in [3.8, 4) is 0 Å². The van der Waals surface area contributed by atoms with Crippen LogP contribution in [0.5, 0.6) is 0 Å². The molecule has 4 heterocycles. The molecule has 156 valence electrons. The molecule has 0 spiro atoms. The van der Waals surface area contributed by atoms with Crippen molar-refractivity contribution in [1.29, 1.82) is 0 Å². The number of thiophene rings is 3. The van der Waals surface area contributed by atoms with Gasteiger partial charge in [-0.05, 0) is 56.8 Å². The molecule has 0 radical (unpaired) electrons. The molecule has 0 N–H and O–H groups in total. The number of rotatable bonds is 4. The molecule has 4 aromatic rings. The minimum absolute atomic E-state index is 0.0127. The predicted octanol–water partition coefficient (Wildman–Crippen LogP) is 8.91. The minimum Gasteiger partial charge on any atom is -0.264 e. The second-order valence-electron chi connectivity index (χ2n) is 7.72. The molecule has 1 unspecified atom stereocenters. The maximum atomic E-state index is 5.36. The van der Waals surface area contributed by atoms with Gasteiger partial charge >= 0.3 is 0 Å².